The molecule has 0 aliphatic rings. The maximum atomic E-state index is 13.3. The van der Waals surface area contributed by atoms with Gasteiger partial charge in [-0.1, -0.05) is 11.2 Å². The molecule has 0 aliphatic heterocycles. The van der Waals surface area contributed by atoms with Crippen LogP contribution in [0.25, 0.3) is 10.9 Å². The lowest BCUT2D eigenvalue weighted by Crippen LogP contribution is -2.01. The molecule has 4 aromatic rings. The van der Waals surface area contributed by atoms with Crippen molar-refractivity contribution in [2.75, 3.05) is 0 Å². The summed E-state index contributed by atoms with van der Waals surface area (Å²) in [5.74, 6) is -1.70. The number of phenols is 1. The highest BCUT2D eigenvalue weighted by Gasteiger charge is 2.14. The fourth-order valence-electron chi connectivity index (χ4n) is 3.09. The lowest BCUT2D eigenvalue weighted by atomic mass is 10.1. The van der Waals surface area contributed by atoms with Crippen molar-refractivity contribution < 1.29 is 18.7 Å². The summed E-state index contributed by atoms with van der Waals surface area (Å²) < 4.78 is 28.4. The molecule has 2 aromatic carbocycles. The van der Waals surface area contributed by atoms with E-state index in [4.69, 9.17) is 4.84 Å². The van der Waals surface area contributed by atoms with Crippen LogP contribution >= 0.6 is 11.3 Å². The quantitative estimate of drug-likeness (QED) is 0.359. The molecule has 0 unspecified atom stereocenters. The number of benzene rings is 2. The normalized spacial score (nSPS) is 11.5. The summed E-state index contributed by atoms with van der Waals surface area (Å²) in [5.41, 5.74) is 2.69. The average Bonchev–Trinajstić information content (AvgIpc) is 3.27. The molecule has 0 radical (unpaired) electrons. The average molecular weight is 398 g/mol. The second-order valence-electron chi connectivity index (χ2n) is 6.27. The zero-order valence-electron chi connectivity index (χ0n) is 14.9. The van der Waals surface area contributed by atoms with Gasteiger partial charge < -0.3 is 14.5 Å². The first-order valence-corrected chi connectivity index (χ1v) is 9.40. The molecule has 0 fully saturated rings. The van der Waals surface area contributed by atoms with Crippen LogP contribution in [-0.4, -0.2) is 15.9 Å². The number of aromatic hydroxyl groups is 1. The molecule has 142 valence electrons. The molecular formula is C21H16F2N2O2S. The van der Waals surface area contributed by atoms with E-state index in [-0.39, 0.29) is 11.5 Å². The predicted molar refractivity (Wildman–Crippen MR) is 106 cm³/mol. The predicted octanol–water partition coefficient (Wildman–Crippen LogP) is 5.46. The van der Waals surface area contributed by atoms with Crippen LogP contribution in [0.3, 0.4) is 0 Å². The topological polar surface area (TPSA) is 46.8 Å². The maximum Gasteiger partial charge on any atom is 0.162 e. The summed E-state index contributed by atoms with van der Waals surface area (Å²) in [6.07, 6.45) is 1.52. The van der Waals surface area contributed by atoms with Crippen LogP contribution in [-0.2, 0) is 6.54 Å². The van der Waals surface area contributed by atoms with Crippen molar-refractivity contribution >= 4 is 28.5 Å². The van der Waals surface area contributed by atoms with Gasteiger partial charge >= 0.3 is 0 Å². The number of hydrogen-bond acceptors (Lipinski definition) is 4. The first kappa shape index (κ1) is 18.2. The number of oxime groups is 1. The second-order valence-corrected chi connectivity index (χ2v) is 7.30. The van der Waals surface area contributed by atoms with Gasteiger partial charge in [0, 0.05) is 33.1 Å². The van der Waals surface area contributed by atoms with Crippen molar-refractivity contribution in [1.82, 2.24) is 4.57 Å². The Bertz CT molecular complexity index is 1170. The van der Waals surface area contributed by atoms with Gasteiger partial charge in [-0.05, 0) is 48.7 Å². The highest BCUT2D eigenvalue weighted by Crippen LogP contribution is 2.29. The van der Waals surface area contributed by atoms with E-state index >= 15 is 0 Å². The van der Waals surface area contributed by atoms with E-state index in [1.807, 2.05) is 24.4 Å². The van der Waals surface area contributed by atoms with Crippen molar-refractivity contribution in [1.29, 1.82) is 0 Å². The zero-order valence-corrected chi connectivity index (χ0v) is 15.7. The van der Waals surface area contributed by atoms with Crippen molar-refractivity contribution in [2.45, 2.75) is 13.5 Å². The van der Waals surface area contributed by atoms with Gasteiger partial charge in [-0.25, -0.2) is 8.78 Å². The molecule has 28 heavy (non-hydrogen) atoms. The Labute approximate surface area is 163 Å². The number of aromatic nitrogens is 1. The smallest absolute Gasteiger partial charge is 0.162 e. The molecule has 7 heteroatoms. The third-order valence-corrected chi connectivity index (χ3v) is 5.34. The van der Waals surface area contributed by atoms with Crippen molar-refractivity contribution in [3.63, 3.8) is 0 Å². The van der Waals surface area contributed by atoms with Crippen LogP contribution in [0.5, 0.6) is 11.5 Å². The van der Waals surface area contributed by atoms with E-state index in [0.717, 1.165) is 34.3 Å². The Hall–Kier alpha value is -3.19. The van der Waals surface area contributed by atoms with E-state index in [9.17, 15) is 13.9 Å². The van der Waals surface area contributed by atoms with E-state index in [1.165, 1.54) is 17.2 Å². The maximum absolute atomic E-state index is 13.3. The lowest BCUT2D eigenvalue weighted by Gasteiger charge is -2.06. The standard InChI is InChI=1S/C21H16F2N2O2S/c1-13-18(11-24-27-15-5-6-19(22)20(23)10-15)17-9-14(26)4-7-21(17)25(13)12-16-3-2-8-28-16/h2-11,26H,12H2,1H3/b24-11+. The highest BCUT2D eigenvalue weighted by atomic mass is 32.1. The van der Waals surface area contributed by atoms with E-state index in [0.29, 0.717) is 6.54 Å². The Kier molecular flexibility index (Phi) is 4.83. The molecule has 2 aromatic heterocycles. The highest BCUT2D eigenvalue weighted by molar-refractivity contribution is 7.09. The van der Waals surface area contributed by atoms with Crippen LogP contribution in [0.4, 0.5) is 8.78 Å². The molecule has 0 aliphatic carbocycles. The van der Waals surface area contributed by atoms with Gasteiger partial charge in [0.25, 0.3) is 0 Å². The monoisotopic (exact) mass is 398 g/mol. The van der Waals surface area contributed by atoms with Gasteiger partial charge in [-0.3, -0.25) is 0 Å². The minimum atomic E-state index is -0.999. The Balaban J connectivity index is 1.70. The molecule has 0 amide bonds. The number of hydrogen-bond donors (Lipinski definition) is 1. The molecule has 0 spiro atoms. The van der Waals surface area contributed by atoms with Gasteiger partial charge in [0.15, 0.2) is 17.4 Å². The number of phenolic OH excluding ortho intramolecular Hbond substituents is 1. The van der Waals surface area contributed by atoms with Gasteiger partial charge in [-0.15, -0.1) is 11.3 Å². The lowest BCUT2D eigenvalue weighted by molar-refractivity contribution is 0.340. The Morgan fingerprint density at radius 1 is 1.14 bits per heavy atom. The number of thiophene rings is 1. The summed E-state index contributed by atoms with van der Waals surface area (Å²) in [4.78, 5) is 6.39. The molecule has 0 bridgehead atoms. The minimum Gasteiger partial charge on any atom is -0.508 e. The summed E-state index contributed by atoms with van der Waals surface area (Å²) in [6, 6.07) is 12.5. The van der Waals surface area contributed by atoms with Crippen molar-refractivity contribution in [3.05, 3.63) is 81.7 Å². The number of nitrogens with zero attached hydrogens (tertiary/aromatic N) is 2. The molecular weight excluding hydrogens is 382 g/mol. The summed E-state index contributed by atoms with van der Waals surface area (Å²) in [6.45, 7) is 2.66. The SMILES string of the molecule is Cc1c(/C=N/Oc2ccc(F)c(F)c2)c2cc(O)ccc2n1Cc1cccs1. The molecule has 2 heterocycles. The van der Waals surface area contributed by atoms with Crippen LogP contribution in [0.2, 0.25) is 0 Å². The van der Waals surface area contributed by atoms with Crippen LogP contribution in [0.15, 0.2) is 59.1 Å². The molecule has 0 atom stereocenters. The summed E-state index contributed by atoms with van der Waals surface area (Å²) >= 11 is 1.67. The first-order valence-electron chi connectivity index (χ1n) is 8.52. The third-order valence-electron chi connectivity index (χ3n) is 4.48. The molecule has 0 saturated heterocycles. The minimum absolute atomic E-state index is 0.0953. The molecule has 4 rings (SSSR count). The molecule has 0 saturated carbocycles. The molecule has 4 nitrogen and oxygen atoms in total. The fraction of sp³-hybridized carbons (Fsp3) is 0.0952. The Morgan fingerprint density at radius 3 is 2.75 bits per heavy atom. The summed E-state index contributed by atoms with van der Waals surface area (Å²) in [5, 5.41) is 16.7. The van der Waals surface area contributed by atoms with Gasteiger partial charge in [-0.2, -0.15) is 0 Å². The van der Waals surface area contributed by atoms with E-state index < -0.39 is 11.6 Å². The van der Waals surface area contributed by atoms with Gasteiger partial charge in [0.05, 0.1) is 12.8 Å². The first-order chi connectivity index (χ1) is 13.5. The van der Waals surface area contributed by atoms with Crippen LogP contribution < -0.4 is 4.84 Å². The van der Waals surface area contributed by atoms with E-state index in [2.05, 4.69) is 15.8 Å². The number of fused-ring (bicyclic) bond motifs is 1. The second kappa shape index (κ2) is 7.44. The summed E-state index contributed by atoms with van der Waals surface area (Å²) in [7, 11) is 0. The zero-order chi connectivity index (χ0) is 19.7. The fourth-order valence-corrected chi connectivity index (χ4v) is 3.79. The largest absolute Gasteiger partial charge is 0.508 e. The number of halogens is 2. The van der Waals surface area contributed by atoms with Crippen LogP contribution in [0.1, 0.15) is 16.1 Å². The van der Waals surface area contributed by atoms with Gasteiger partial charge in [0.1, 0.15) is 5.75 Å². The molecule has 1 N–H and O–H groups in total. The Morgan fingerprint density at radius 2 is 2.00 bits per heavy atom. The van der Waals surface area contributed by atoms with Crippen molar-refractivity contribution in [3.8, 4) is 11.5 Å². The van der Waals surface area contributed by atoms with Crippen LogP contribution in [0, 0.1) is 18.6 Å². The third kappa shape index (κ3) is 3.48. The van der Waals surface area contributed by atoms with Gasteiger partial charge in [0.2, 0.25) is 0 Å². The van der Waals surface area contributed by atoms with Crippen molar-refractivity contribution in [2.24, 2.45) is 5.16 Å². The van der Waals surface area contributed by atoms with E-state index in [1.54, 1.807) is 23.5 Å². The number of rotatable bonds is 5.